The molecule has 0 saturated carbocycles. The number of hydrogen-bond donors (Lipinski definition) is 0. The molecule has 0 radical (unpaired) electrons. The Labute approximate surface area is 130 Å². The Hall–Kier alpha value is -1.72. The number of methoxy groups -OCH3 is 1. The lowest BCUT2D eigenvalue weighted by molar-refractivity contribution is 0.102. The van der Waals surface area contributed by atoms with Crippen molar-refractivity contribution < 1.29 is 18.7 Å². The molecule has 0 fully saturated rings. The third-order valence-electron chi connectivity index (χ3n) is 2.85. The first kappa shape index (κ1) is 15.7. The van der Waals surface area contributed by atoms with E-state index < -0.39 is 11.6 Å². The van der Waals surface area contributed by atoms with E-state index in [-0.39, 0.29) is 5.56 Å². The SMILES string of the molecule is COCCOc1ccccc1C(=O)c1cc(Br)ccc1F. The maximum atomic E-state index is 13.8. The normalized spacial score (nSPS) is 10.4. The van der Waals surface area contributed by atoms with Crippen LogP contribution in [0.25, 0.3) is 0 Å². The minimum absolute atomic E-state index is 0.00664. The van der Waals surface area contributed by atoms with Gasteiger partial charge in [-0.05, 0) is 30.3 Å². The van der Waals surface area contributed by atoms with Gasteiger partial charge in [-0.3, -0.25) is 4.79 Å². The van der Waals surface area contributed by atoms with Crippen LogP contribution in [0, 0.1) is 5.82 Å². The number of para-hydroxylation sites is 1. The summed E-state index contributed by atoms with van der Waals surface area (Å²) in [6.07, 6.45) is 0. The van der Waals surface area contributed by atoms with Gasteiger partial charge >= 0.3 is 0 Å². The van der Waals surface area contributed by atoms with Gasteiger partial charge in [0.25, 0.3) is 0 Å². The first-order chi connectivity index (χ1) is 10.1. The van der Waals surface area contributed by atoms with Crippen molar-refractivity contribution in [2.75, 3.05) is 20.3 Å². The molecule has 0 saturated heterocycles. The van der Waals surface area contributed by atoms with E-state index in [1.807, 2.05) is 0 Å². The van der Waals surface area contributed by atoms with Crippen LogP contribution < -0.4 is 4.74 Å². The lowest BCUT2D eigenvalue weighted by Gasteiger charge is -2.11. The lowest BCUT2D eigenvalue weighted by atomic mass is 10.0. The molecule has 0 aliphatic heterocycles. The summed E-state index contributed by atoms with van der Waals surface area (Å²) in [4.78, 5) is 12.5. The van der Waals surface area contributed by atoms with Crippen molar-refractivity contribution in [3.63, 3.8) is 0 Å². The molecule has 0 unspecified atom stereocenters. The van der Waals surface area contributed by atoms with Crippen LogP contribution in [0.3, 0.4) is 0 Å². The Kier molecular flexibility index (Phi) is 5.47. The van der Waals surface area contributed by atoms with Crippen LogP contribution in [0.1, 0.15) is 15.9 Å². The molecule has 21 heavy (non-hydrogen) atoms. The minimum atomic E-state index is -0.560. The maximum Gasteiger partial charge on any atom is 0.199 e. The van der Waals surface area contributed by atoms with Gasteiger partial charge in [0.15, 0.2) is 5.78 Å². The van der Waals surface area contributed by atoms with Crippen LogP contribution in [0.4, 0.5) is 4.39 Å². The second-order valence-corrected chi connectivity index (χ2v) is 5.21. The fraction of sp³-hybridized carbons (Fsp3) is 0.188. The van der Waals surface area contributed by atoms with E-state index in [0.717, 1.165) is 0 Å². The molecule has 2 aromatic carbocycles. The quantitative estimate of drug-likeness (QED) is 0.585. The second-order valence-electron chi connectivity index (χ2n) is 4.29. The molecule has 0 bridgehead atoms. The number of carbonyl (C=O) groups is 1. The van der Waals surface area contributed by atoms with E-state index in [1.165, 1.54) is 12.1 Å². The van der Waals surface area contributed by atoms with Crippen LogP contribution in [0.5, 0.6) is 5.75 Å². The summed E-state index contributed by atoms with van der Waals surface area (Å²) in [5, 5.41) is 0. The number of ketones is 1. The van der Waals surface area contributed by atoms with Crippen LogP contribution >= 0.6 is 15.9 Å². The number of ether oxygens (including phenoxy) is 2. The summed E-state index contributed by atoms with van der Waals surface area (Å²) in [6.45, 7) is 0.732. The molecule has 5 heteroatoms. The lowest BCUT2D eigenvalue weighted by Crippen LogP contribution is -2.10. The molecule has 0 aromatic heterocycles. The van der Waals surface area contributed by atoms with E-state index in [4.69, 9.17) is 9.47 Å². The molecule has 2 rings (SSSR count). The van der Waals surface area contributed by atoms with Crippen LogP contribution in [0.15, 0.2) is 46.9 Å². The van der Waals surface area contributed by atoms with Gasteiger partial charge in [0.05, 0.1) is 17.7 Å². The average molecular weight is 353 g/mol. The molecule has 2 aromatic rings. The summed E-state index contributed by atoms with van der Waals surface area (Å²) >= 11 is 3.24. The van der Waals surface area contributed by atoms with E-state index in [1.54, 1.807) is 37.4 Å². The first-order valence-corrected chi connectivity index (χ1v) is 7.13. The van der Waals surface area contributed by atoms with Crippen molar-refractivity contribution >= 4 is 21.7 Å². The van der Waals surface area contributed by atoms with Gasteiger partial charge < -0.3 is 9.47 Å². The predicted molar refractivity (Wildman–Crippen MR) is 81.3 cm³/mol. The fourth-order valence-electron chi connectivity index (χ4n) is 1.83. The Bertz CT molecular complexity index is 643. The van der Waals surface area contributed by atoms with E-state index in [2.05, 4.69) is 15.9 Å². The van der Waals surface area contributed by atoms with Gasteiger partial charge in [0.2, 0.25) is 0 Å². The van der Waals surface area contributed by atoms with Gasteiger partial charge in [0.1, 0.15) is 18.2 Å². The van der Waals surface area contributed by atoms with Crippen molar-refractivity contribution in [2.24, 2.45) is 0 Å². The molecule has 0 atom stereocenters. The highest BCUT2D eigenvalue weighted by molar-refractivity contribution is 9.10. The summed E-state index contributed by atoms with van der Waals surface area (Å²) < 4.78 is 24.9. The highest BCUT2D eigenvalue weighted by Gasteiger charge is 2.18. The van der Waals surface area contributed by atoms with Crippen molar-refractivity contribution in [2.45, 2.75) is 0 Å². The predicted octanol–water partition coefficient (Wildman–Crippen LogP) is 3.84. The standard InChI is InChI=1S/C16H14BrFO3/c1-20-8-9-21-15-5-3-2-4-12(15)16(19)13-10-11(17)6-7-14(13)18/h2-7,10H,8-9H2,1H3. The number of halogens is 2. The Morgan fingerprint density at radius 1 is 1.14 bits per heavy atom. The van der Waals surface area contributed by atoms with Gasteiger partial charge in [-0.1, -0.05) is 28.1 Å². The molecular formula is C16H14BrFO3. The molecule has 3 nitrogen and oxygen atoms in total. The maximum absolute atomic E-state index is 13.8. The summed E-state index contributed by atoms with van der Waals surface area (Å²) in [5.74, 6) is -0.560. The zero-order valence-corrected chi connectivity index (χ0v) is 13.0. The third-order valence-corrected chi connectivity index (χ3v) is 3.34. The molecule has 0 spiro atoms. The molecule has 0 aliphatic rings. The number of rotatable bonds is 6. The van der Waals surface area contributed by atoms with Crippen molar-refractivity contribution in [3.8, 4) is 5.75 Å². The molecule has 0 aliphatic carbocycles. The Morgan fingerprint density at radius 3 is 2.67 bits per heavy atom. The Balaban J connectivity index is 2.32. The summed E-state index contributed by atoms with van der Waals surface area (Å²) in [5.41, 5.74) is 0.331. The van der Waals surface area contributed by atoms with E-state index in [9.17, 15) is 9.18 Å². The number of benzene rings is 2. The van der Waals surface area contributed by atoms with Gasteiger partial charge in [-0.25, -0.2) is 4.39 Å². The van der Waals surface area contributed by atoms with Crippen LogP contribution in [-0.2, 0) is 4.74 Å². The topological polar surface area (TPSA) is 35.5 Å². The fourth-order valence-corrected chi connectivity index (χ4v) is 2.19. The summed E-state index contributed by atoms with van der Waals surface area (Å²) in [6, 6.07) is 11.0. The Morgan fingerprint density at radius 2 is 1.90 bits per heavy atom. The largest absolute Gasteiger partial charge is 0.490 e. The van der Waals surface area contributed by atoms with E-state index in [0.29, 0.717) is 29.0 Å². The van der Waals surface area contributed by atoms with Crippen molar-refractivity contribution in [3.05, 3.63) is 63.9 Å². The van der Waals surface area contributed by atoms with E-state index >= 15 is 0 Å². The highest BCUT2D eigenvalue weighted by Crippen LogP contribution is 2.24. The zero-order chi connectivity index (χ0) is 15.2. The molecule has 0 N–H and O–H groups in total. The average Bonchev–Trinajstić information content (AvgIpc) is 2.50. The van der Waals surface area contributed by atoms with Crippen LogP contribution in [-0.4, -0.2) is 26.1 Å². The zero-order valence-electron chi connectivity index (χ0n) is 11.4. The molecule has 110 valence electrons. The van der Waals surface area contributed by atoms with Gasteiger partial charge in [-0.15, -0.1) is 0 Å². The van der Waals surface area contributed by atoms with Gasteiger partial charge in [0, 0.05) is 11.6 Å². The number of carbonyl (C=O) groups excluding carboxylic acids is 1. The smallest absolute Gasteiger partial charge is 0.199 e. The molecule has 0 heterocycles. The minimum Gasteiger partial charge on any atom is -0.490 e. The first-order valence-electron chi connectivity index (χ1n) is 6.34. The molecular weight excluding hydrogens is 339 g/mol. The molecule has 0 amide bonds. The highest BCUT2D eigenvalue weighted by atomic mass is 79.9. The number of hydrogen-bond acceptors (Lipinski definition) is 3. The summed E-state index contributed by atoms with van der Waals surface area (Å²) in [7, 11) is 1.57. The van der Waals surface area contributed by atoms with Crippen molar-refractivity contribution in [1.29, 1.82) is 0 Å². The van der Waals surface area contributed by atoms with Gasteiger partial charge in [-0.2, -0.15) is 0 Å². The third kappa shape index (κ3) is 3.89. The van der Waals surface area contributed by atoms with Crippen LogP contribution in [0.2, 0.25) is 0 Å². The van der Waals surface area contributed by atoms with Crippen molar-refractivity contribution in [1.82, 2.24) is 0 Å². The monoisotopic (exact) mass is 352 g/mol. The second kappa shape index (κ2) is 7.33.